The van der Waals surface area contributed by atoms with Gasteiger partial charge in [-0.25, -0.2) is 8.42 Å². The van der Waals surface area contributed by atoms with E-state index in [1.807, 2.05) is 30.3 Å². The summed E-state index contributed by atoms with van der Waals surface area (Å²) in [5, 5.41) is 12.0. The predicted octanol–water partition coefficient (Wildman–Crippen LogP) is 5.40. The lowest BCUT2D eigenvalue weighted by Crippen LogP contribution is -2.38. The van der Waals surface area contributed by atoms with Gasteiger partial charge in [0.1, 0.15) is 10.3 Å². The van der Waals surface area contributed by atoms with Crippen LogP contribution < -0.4 is 4.90 Å². The summed E-state index contributed by atoms with van der Waals surface area (Å²) in [5.41, 5.74) is 2.16. The zero-order valence-corrected chi connectivity index (χ0v) is 19.6. The number of anilines is 1. The zero-order chi connectivity index (χ0) is 22.0. The van der Waals surface area contributed by atoms with Crippen LogP contribution in [0, 0.1) is 11.3 Å². The van der Waals surface area contributed by atoms with E-state index in [9.17, 15) is 13.7 Å². The number of sulfonamides is 1. The first-order chi connectivity index (χ1) is 14.9. The molecule has 160 valence electrons. The molecule has 9 heteroatoms. The van der Waals surface area contributed by atoms with E-state index in [2.05, 4.69) is 11.0 Å². The Bertz CT molecular complexity index is 1220. The van der Waals surface area contributed by atoms with E-state index in [1.165, 1.54) is 15.6 Å². The Kier molecular flexibility index (Phi) is 6.56. The number of hydrogen-bond donors (Lipinski definition) is 0. The molecular formula is C22H19Cl2N3O2S2. The van der Waals surface area contributed by atoms with Crippen LogP contribution in [0.25, 0.3) is 0 Å². The molecule has 1 aliphatic rings. The van der Waals surface area contributed by atoms with Crippen LogP contribution in [0.2, 0.25) is 10.0 Å². The van der Waals surface area contributed by atoms with E-state index < -0.39 is 10.0 Å². The largest absolute Gasteiger partial charge is 0.363 e. The Labute approximate surface area is 196 Å². The average Bonchev–Trinajstić information content (AvgIpc) is 3.46. The summed E-state index contributed by atoms with van der Waals surface area (Å²) >= 11 is 13.9. The van der Waals surface area contributed by atoms with Gasteiger partial charge in [-0.1, -0.05) is 47.5 Å². The first-order valence-corrected chi connectivity index (χ1v) is 12.7. The van der Waals surface area contributed by atoms with E-state index in [1.54, 1.807) is 29.6 Å². The fourth-order valence-electron chi connectivity index (χ4n) is 3.74. The average molecular weight is 492 g/mol. The van der Waals surface area contributed by atoms with Gasteiger partial charge < -0.3 is 4.90 Å². The summed E-state index contributed by atoms with van der Waals surface area (Å²) in [6.45, 7) is 1.30. The van der Waals surface area contributed by atoms with Gasteiger partial charge in [-0.15, -0.1) is 11.3 Å². The van der Waals surface area contributed by atoms with Crippen molar-refractivity contribution < 1.29 is 8.42 Å². The second-order valence-electron chi connectivity index (χ2n) is 7.23. The molecule has 1 atom stereocenters. The molecule has 0 aliphatic carbocycles. The van der Waals surface area contributed by atoms with E-state index in [-0.39, 0.29) is 6.04 Å². The van der Waals surface area contributed by atoms with E-state index in [0.29, 0.717) is 45.9 Å². The quantitative estimate of drug-likeness (QED) is 0.463. The molecule has 2 heterocycles. The van der Waals surface area contributed by atoms with Gasteiger partial charge >= 0.3 is 0 Å². The van der Waals surface area contributed by atoms with Crippen LogP contribution in [-0.2, 0) is 16.6 Å². The molecule has 0 radical (unpaired) electrons. The summed E-state index contributed by atoms with van der Waals surface area (Å²) in [5.74, 6) is 0. The Morgan fingerprint density at radius 2 is 1.94 bits per heavy atom. The third kappa shape index (κ3) is 4.59. The van der Waals surface area contributed by atoms with Crippen LogP contribution in [0.1, 0.15) is 17.5 Å². The molecule has 31 heavy (non-hydrogen) atoms. The Hall–Kier alpha value is -2.08. The lowest BCUT2D eigenvalue weighted by atomic mass is 10.1. The highest BCUT2D eigenvalue weighted by Crippen LogP contribution is 2.32. The van der Waals surface area contributed by atoms with Crippen molar-refractivity contribution in [2.24, 2.45) is 0 Å². The molecule has 5 nitrogen and oxygen atoms in total. The second kappa shape index (κ2) is 9.19. The van der Waals surface area contributed by atoms with Gasteiger partial charge in [0.05, 0.1) is 10.6 Å². The molecule has 2 aromatic carbocycles. The number of benzene rings is 2. The fraction of sp³-hybridized carbons (Fsp3) is 0.227. The highest BCUT2D eigenvalue weighted by atomic mass is 35.5. The third-order valence-corrected chi connectivity index (χ3v) is 9.28. The number of nitrogens with zero attached hydrogens (tertiary/aromatic N) is 3. The van der Waals surface area contributed by atoms with Crippen LogP contribution >= 0.6 is 34.5 Å². The Morgan fingerprint density at radius 3 is 2.61 bits per heavy atom. The maximum absolute atomic E-state index is 13.0. The number of thiophene rings is 1. The molecule has 1 aromatic heterocycles. The van der Waals surface area contributed by atoms with Crippen LogP contribution in [0.4, 0.5) is 5.69 Å². The first kappa shape index (κ1) is 22.1. The van der Waals surface area contributed by atoms with E-state index in [0.717, 1.165) is 11.3 Å². The maximum Gasteiger partial charge on any atom is 0.252 e. The molecule has 1 aliphatic heterocycles. The fourth-order valence-corrected chi connectivity index (χ4v) is 6.78. The predicted molar refractivity (Wildman–Crippen MR) is 125 cm³/mol. The lowest BCUT2D eigenvalue weighted by molar-refractivity contribution is 0.470. The Balaban J connectivity index is 1.66. The van der Waals surface area contributed by atoms with Crippen molar-refractivity contribution in [3.63, 3.8) is 0 Å². The molecule has 1 saturated heterocycles. The van der Waals surface area contributed by atoms with Crippen LogP contribution in [-0.4, -0.2) is 31.9 Å². The van der Waals surface area contributed by atoms with Gasteiger partial charge in [0.2, 0.25) is 0 Å². The molecular weight excluding hydrogens is 473 g/mol. The van der Waals surface area contributed by atoms with E-state index in [4.69, 9.17) is 23.2 Å². The molecule has 3 aromatic rings. The number of hydrogen-bond acceptors (Lipinski definition) is 5. The standard InChI is InChI=1S/C22H19Cl2N3O2S2/c23-20-5-2-1-4-17(20)14-27(18-8-7-16(13-25)21(24)12-18)19-9-10-26(15-19)31(28,29)22-6-3-11-30-22/h1-8,11-12,19H,9-10,14-15H2/t19-/m0/s1. The van der Waals surface area contributed by atoms with Crippen molar-refractivity contribution in [1.29, 1.82) is 5.26 Å². The van der Waals surface area contributed by atoms with Crippen molar-refractivity contribution in [2.75, 3.05) is 18.0 Å². The second-order valence-corrected chi connectivity index (χ2v) is 11.2. The number of halogens is 2. The molecule has 0 N–H and O–H groups in total. The van der Waals surface area contributed by atoms with Crippen molar-refractivity contribution >= 4 is 50.2 Å². The van der Waals surface area contributed by atoms with Crippen molar-refractivity contribution in [3.05, 3.63) is 81.1 Å². The smallest absolute Gasteiger partial charge is 0.252 e. The van der Waals surface area contributed by atoms with Crippen LogP contribution in [0.5, 0.6) is 0 Å². The monoisotopic (exact) mass is 491 g/mol. The molecule has 0 amide bonds. The SMILES string of the molecule is N#Cc1ccc(N(Cc2ccccc2Cl)[C@H]2CCN(S(=O)(=O)c3cccs3)C2)cc1Cl. The van der Waals surface area contributed by atoms with Gasteiger partial charge in [-0.3, -0.25) is 0 Å². The highest BCUT2D eigenvalue weighted by molar-refractivity contribution is 7.91. The zero-order valence-electron chi connectivity index (χ0n) is 16.4. The number of rotatable bonds is 6. The molecule has 0 bridgehead atoms. The maximum atomic E-state index is 13.0. The van der Waals surface area contributed by atoms with Crippen molar-refractivity contribution in [3.8, 4) is 6.07 Å². The summed E-state index contributed by atoms with van der Waals surface area (Å²) in [6, 6.07) is 18.3. The highest BCUT2D eigenvalue weighted by Gasteiger charge is 2.36. The summed E-state index contributed by atoms with van der Waals surface area (Å²) in [7, 11) is -3.51. The minimum Gasteiger partial charge on any atom is -0.363 e. The topological polar surface area (TPSA) is 64.4 Å². The summed E-state index contributed by atoms with van der Waals surface area (Å²) < 4.78 is 27.9. The number of nitriles is 1. The van der Waals surface area contributed by atoms with Crippen LogP contribution in [0.15, 0.2) is 64.2 Å². The molecule has 0 unspecified atom stereocenters. The van der Waals surface area contributed by atoms with Gasteiger partial charge in [0, 0.05) is 36.4 Å². The lowest BCUT2D eigenvalue weighted by Gasteiger charge is -2.32. The van der Waals surface area contributed by atoms with Crippen molar-refractivity contribution in [2.45, 2.75) is 23.2 Å². The van der Waals surface area contributed by atoms with E-state index >= 15 is 0 Å². The van der Waals surface area contributed by atoms with Gasteiger partial charge in [0.25, 0.3) is 10.0 Å². The Morgan fingerprint density at radius 1 is 1.13 bits per heavy atom. The molecule has 0 spiro atoms. The van der Waals surface area contributed by atoms with Gasteiger partial charge in [0.15, 0.2) is 0 Å². The van der Waals surface area contributed by atoms with Gasteiger partial charge in [-0.2, -0.15) is 9.57 Å². The molecule has 0 saturated carbocycles. The van der Waals surface area contributed by atoms with Gasteiger partial charge in [-0.05, 0) is 47.7 Å². The van der Waals surface area contributed by atoms with Crippen molar-refractivity contribution in [1.82, 2.24) is 4.31 Å². The summed E-state index contributed by atoms with van der Waals surface area (Å²) in [4.78, 5) is 2.12. The minimum absolute atomic E-state index is 0.0602. The van der Waals surface area contributed by atoms with Crippen LogP contribution in [0.3, 0.4) is 0 Å². The minimum atomic E-state index is -3.51. The normalized spacial score (nSPS) is 16.9. The summed E-state index contributed by atoms with van der Waals surface area (Å²) in [6.07, 6.45) is 0.673. The first-order valence-electron chi connectivity index (χ1n) is 9.63. The molecule has 4 rings (SSSR count). The molecule has 1 fully saturated rings. The third-order valence-electron chi connectivity index (χ3n) is 5.36.